The molecule has 0 aliphatic heterocycles. The van der Waals surface area contributed by atoms with Crippen LogP contribution in [0.1, 0.15) is 53.4 Å². The number of carboxylic acids is 3. The van der Waals surface area contributed by atoms with Crippen LogP contribution in [0.5, 0.6) is 0 Å². The summed E-state index contributed by atoms with van der Waals surface area (Å²) >= 11 is 0. The van der Waals surface area contributed by atoms with Gasteiger partial charge in [0.25, 0.3) is 0 Å². The fraction of sp³-hybridized carbons (Fsp3) is 0.640. The first kappa shape index (κ1) is 40.1. The molecule has 45 heavy (non-hydrogen) atoms. The fourth-order valence-corrected chi connectivity index (χ4v) is 3.55. The SMILES string of the molecule is CC(C)[C@H](NC(=O)[C@H](CC(=O)O)NC(=O)[C@@H](N)CCC(N)=O)C(=O)N[C@@H](CC(=O)O)C(=O)N[C@H](C(=O)N[C@@H](C)C(=O)O)[C@@H](C)O. The first-order valence-electron chi connectivity index (χ1n) is 13.6. The Bertz CT molecular complexity index is 1140. The van der Waals surface area contributed by atoms with Crippen LogP contribution in [0.3, 0.4) is 0 Å². The lowest BCUT2D eigenvalue weighted by atomic mass is 10.0. The van der Waals surface area contributed by atoms with Gasteiger partial charge in [0.15, 0.2) is 0 Å². The van der Waals surface area contributed by atoms with E-state index < -0.39 is 114 Å². The number of amides is 6. The van der Waals surface area contributed by atoms with Crippen molar-refractivity contribution in [1.29, 1.82) is 0 Å². The molecule has 0 radical (unpaired) electrons. The first-order chi connectivity index (χ1) is 20.7. The number of carbonyl (C=O) groups excluding carboxylic acids is 6. The van der Waals surface area contributed by atoms with Gasteiger partial charge < -0.3 is 58.5 Å². The second-order valence-corrected chi connectivity index (χ2v) is 10.5. The van der Waals surface area contributed by atoms with Crippen molar-refractivity contribution in [2.24, 2.45) is 17.4 Å². The highest BCUT2D eigenvalue weighted by Gasteiger charge is 2.35. The second-order valence-electron chi connectivity index (χ2n) is 10.5. The normalized spacial score (nSPS) is 15.5. The maximum atomic E-state index is 13.2. The summed E-state index contributed by atoms with van der Waals surface area (Å²) in [4.78, 5) is 109. The molecule has 0 saturated heterocycles. The first-order valence-corrected chi connectivity index (χ1v) is 13.6. The molecule has 20 heteroatoms. The van der Waals surface area contributed by atoms with E-state index in [0.717, 1.165) is 13.8 Å². The van der Waals surface area contributed by atoms with Gasteiger partial charge in [0.05, 0.1) is 25.0 Å². The summed E-state index contributed by atoms with van der Waals surface area (Å²) in [6.45, 7) is 5.08. The largest absolute Gasteiger partial charge is 0.481 e. The third-order valence-corrected chi connectivity index (χ3v) is 6.10. The predicted molar refractivity (Wildman–Crippen MR) is 150 cm³/mol. The molecule has 0 aliphatic rings. The molecule has 0 unspecified atom stereocenters. The molecule has 0 bridgehead atoms. The number of hydrogen-bond acceptors (Lipinski definition) is 11. The van der Waals surface area contributed by atoms with Crippen molar-refractivity contribution in [3.05, 3.63) is 0 Å². The monoisotopic (exact) mass is 647 g/mol. The molecule has 254 valence electrons. The van der Waals surface area contributed by atoms with Crippen LogP contribution in [-0.2, 0) is 43.2 Å². The molecule has 0 aromatic carbocycles. The minimum Gasteiger partial charge on any atom is -0.481 e. The average molecular weight is 648 g/mol. The van der Waals surface area contributed by atoms with Crippen molar-refractivity contribution in [3.8, 4) is 0 Å². The molecule has 0 aliphatic carbocycles. The Morgan fingerprint density at radius 1 is 0.622 bits per heavy atom. The lowest BCUT2D eigenvalue weighted by Crippen LogP contribution is -2.61. The van der Waals surface area contributed by atoms with Crippen LogP contribution >= 0.6 is 0 Å². The van der Waals surface area contributed by atoms with E-state index in [1.807, 2.05) is 5.32 Å². The molecular weight excluding hydrogens is 606 g/mol. The number of nitrogens with one attached hydrogen (secondary N) is 5. The number of aliphatic hydroxyl groups excluding tert-OH is 1. The van der Waals surface area contributed by atoms with Gasteiger partial charge in [-0.1, -0.05) is 13.8 Å². The number of aliphatic hydroxyl groups is 1. The lowest BCUT2D eigenvalue weighted by molar-refractivity contribution is -0.144. The Morgan fingerprint density at radius 2 is 1.04 bits per heavy atom. The lowest BCUT2D eigenvalue weighted by Gasteiger charge is -2.28. The van der Waals surface area contributed by atoms with E-state index in [1.54, 1.807) is 0 Å². The van der Waals surface area contributed by atoms with Gasteiger partial charge in [-0.25, -0.2) is 0 Å². The second kappa shape index (κ2) is 18.7. The Balaban J connectivity index is 5.91. The number of rotatable bonds is 20. The zero-order valence-corrected chi connectivity index (χ0v) is 25.1. The number of nitrogens with two attached hydrogens (primary N) is 2. The van der Waals surface area contributed by atoms with Crippen molar-refractivity contribution >= 4 is 53.4 Å². The Morgan fingerprint density at radius 3 is 1.42 bits per heavy atom. The molecule has 0 spiro atoms. The van der Waals surface area contributed by atoms with Gasteiger partial charge in [0.2, 0.25) is 35.4 Å². The molecule has 20 nitrogen and oxygen atoms in total. The molecule has 0 aromatic heterocycles. The standard InChI is InChI=1S/C25H41N7O13/c1-9(2)18(31-21(40)13(7-16(35)36)29-20(39)12(26)5-6-15(27)34)23(42)30-14(8-17(37)38)22(41)32-19(11(4)33)24(43)28-10(3)25(44)45/h9-14,18-19,33H,5-8,26H2,1-4H3,(H2,27,34)(H,28,43)(H,29,39)(H,30,42)(H,31,40)(H,32,41)(H,35,36)(H,37,38)(H,44,45)/t10-,11+,12-,13-,14-,18-,19-/m0/s1. The fourth-order valence-electron chi connectivity index (χ4n) is 3.55. The van der Waals surface area contributed by atoms with Crippen LogP contribution in [-0.4, -0.2) is 116 Å². The number of aliphatic carboxylic acids is 3. The number of primary amides is 1. The summed E-state index contributed by atoms with van der Waals surface area (Å²) < 4.78 is 0. The van der Waals surface area contributed by atoms with Gasteiger partial charge in [0, 0.05) is 6.42 Å². The molecule has 0 aromatic rings. The molecule has 13 N–H and O–H groups in total. The summed E-state index contributed by atoms with van der Waals surface area (Å²) in [5.74, 6) is -11.7. The summed E-state index contributed by atoms with van der Waals surface area (Å²) in [6.07, 6.45) is -4.04. The van der Waals surface area contributed by atoms with Crippen LogP contribution < -0.4 is 38.1 Å². The van der Waals surface area contributed by atoms with E-state index in [1.165, 1.54) is 13.8 Å². The van der Waals surface area contributed by atoms with E-state index in [-0.39, 0.29) is 12.8 Å². The summed E-state index contributed by atoms with van der Waals surface area (Å²) in [6, 6.07) is -9.66. The van der Waals surface area contributed by atoms with Crippen molar-refractivity contribution in [3.63, 3.8) is 0 Å². The van der Waals surface area contributed by atoms with Crippen LogP contribution in [0.4, 0.5) is 0 Å². The van der Waals surface area contributed by atoms with Gasteiger partial charge in [0.1, 0.15) is 30.2 Å². The van der Waals surface area contributed by atoms with Gasteiger partial charge in [-0.3, -0.25) is 43.2 Å². The Hall–Kier alpha value is -4.85. The zero-order chi connectivity index (χ0) is 35.2. The smallest absolute Gasteiger partial charge is 0.325 e. The Labute approximate surface area is 257 Å². The molecular formula is C25H41N7O13. The summed E-state index contributed by atoms with van der Waals surface area (Å²) in [7, 11) is 0. The van der Waals surface area contributed by atoms with Gasteiger partial charge in [-0.2, -0.15) is 0 Å². The average Bonchev–Trinajstić information content (AvgIpc) is 2.90. The molecule has 0 rings (SSSR count). The number of carbonyl (C=O) groups is 9. The van der Waals surface area contributed by atoms with Crippen LogP contribution in [0.2, 0.25) is 0 Å². The third-order valence-electron chi connectivity index (χ3n) is 6.10. The van der Waals surface area contributed by atoms with E-state index >= 15 is 0 Å². The zero-order valence-electron chi connectivity index (χ0n) is 25.1. The highest BCUT2D eigenvalue weighted by Crippen LogP contribution is 2.07. The Kier molecular flexibility index (Phi) is 16.7. The predicted octanol–water partition coefficient (Wildman–Crippen LogP) is -4.91. The third kappa shape index (κ3) is 14.9. The van der Waals surface area contributed by atoms with Crippen LogP contribution in [0, 0.1) is 5.92 Å². The van der Waals surface area contributed by atoms with Gasteiger partial charge in [-0.05, 0) is 26.2 Å². The maximum Gasteiger partial charge on any atom is 0.325 e. The molecule has 6 amide bonds. The van der Waals surface area contributed by atoms with Crippen molar-refractivity contribution in [2.45, 2.75) is 95.7 Å². The minimum absolute atomic E-state index is 0.206. The molecule has 0 heterocycles. The highest BCUT2D eigenvalue weighted by molar-refractivity contribution is 5.98. The summed E-state index contributed by atoms with van der Waals surface area (Å²) in [5.41, 5.74) is 10.7. The van der Waals surface area contributed by atoms with Crippen LogP contribution in [0.15, 0.2) is 0 Å². The summed E-state index contributed by atoms with van der Waals surface area (Å²) in [5, 5.41) is 48.1. The van der Waals surface area contributed by atoms with Crippen molar-refractivity contribution < 1.29 is 63.6 Å². The van der Waals surface area contributed by atoms with Gasteiger partial charge >= 0.3 is 17.9 Å². The van der Waals surface area contributed by atoms with E-state index in [2.05, 4.69) is 21.3 Å². The number of hydrogen-bond donors (Lipinski definition) is 11. The molecule has 7 atom stereocenters. The van der Waals surface area contributed by atoms with Crippen molar-refractivity contribution in [1.82, 2.24) is 26.6 Å². The van der Waals surface area contributed by atoms with E-state index in [4.69, 9.17) is 16.6 Å². The van der Waals surface area contributed by atoms with Crippen molar-refractivity contribution in [2.75, 3.05) is 0 Å². The minimum atomic E-state index is -1.88. The van der Waals surface area contributed by atoms with E-state index in [0.29, 0.717) is 0 Å². The molecule has 0 fully saturated rings. The van der Waals surface area contributed by atoms with Crippen LogP contribution in [0.25, 0.3) is 0 Å². The number of carboxylic acid groups (broad SMARTS) is 3. The topological polar surface area (TPSA) is 347 Å². The van der Waals surface area contributed by atoms with Gasteiger partial charge in [-0.15, -0.1) is 0 Å². The maximum absolute atomic E-state index is 13.2. The quantitative estimate of drug-likeness (QED) is 0.0590. The highest BCUT2D eigenvalue weighted by atomic mass is 16.4. The van der Waals surface area contributed by atoms with E-state index in [9.17, 15) is 58.5 Å². The molecule has 0 saturated carbocycles.